The van der Waals surface area contributed by atoms with Gasteiger partial charge in [-0.15, -0.1) is 0 Å². The summed E-state index contributed by atoms with van der Waals surface area (Å²) >= 11 is 5.87. The van der Waals surface area contributed by atoms with Gasteiger partial charge in [0.25, 0.3) is 0 Å². The van der Waals surface area contributed by atoms with Crippen LogP contribution in [0.5, 0.6) is 0 Å². The van der Waals surface area contributed by atoms with Gasteiger partial charge in [-0.2, -0.15) is 5.10 Å². The first-order chi connectivity index (χ1) is 10.2. The minimum atomic E-state index is -0.451. The second-order valence-corrected chi connectivity index (χ2v) is 6.11. The fraction of sp³-hybridized carbons (Fsp3) is 0.438. The monoisotopic (exact) mass is 305 g/mol. The van der Waals surface area contributed by atoms with Gasteiger partial charge in [0.2, 0.25) is 0 Å². The second-order valence-electron chi connectivity index (χ2n) is 5.67. The van der Waals surface area contributed by atoms with Gasteiger partial charge in [-0.05, 0) is 55.1 Å². The number of nitrogens with one attached hydrogen (secondary N) is 1. The van der Waals surface area contributed by atoms with Crippen molar-refractivity contribution in [2.24, 2.45) is 0 Å². The minimum absolute atomic E-state index is 0.451. The number of benzene rings is 1. The third-order valence-corrected chi connectivity index (χ3v) is 4.52. The molecule has 0 saturated carbocycles. The summed E-state index contributed by atoms with van der Waals surface area (Å²) in [5.41, 5.74) is 2.23. The van der Waals surface area contributed by atoms with Gasteiger partial charge >= 0.3 is 0 Å². The van der Waals surface area contributed by atoms with E-state index >= 15 is 0 Å². The van der Waals surface area contributed by atoms with E-state index in [0.717, 1.165) is 31.5 Å². The van der Waals surface area contributed by atoms with Crippen LogP contribution in [0.3, 0.4) is 0 Å². The number of rotatable bonds is 4. The van der Waals surface area contributed by atoms with Crippen molar-refractivity contribution in [3.63, 3.8) is 0 Å². The van der Waals surface area contributed by atoms with Crippen LogP contribution in [-0.4, -0.2) is 39.8 Å². The zero-order valence-corrected chi connectivity index (χ0v) is 12.6. The third kappa shape index (κ3) is 3.64. The van der Waals surface area contributed by atoms with Gasteiger partial charge in [-0.3, -0.25) is 5.10 Å². The molecule has 1 aliphatic rings. The molecule has 1 fully saturated rings. The molecule has 112 valence electrons. The summed E-state index contributed by atoms with van der Waals surface area (Å²) in [6.07, 6.45) is 5.69. The van der Waals surface area contributed by atoms with Crippen molar-refractivity contribution >= 4 is 11.6 Å². The lowest BCUT2D eigenvalue weighted by molar-refractivity contribution is 0.0973. The summed E-state index contributed by atoms with van der Waals surface area (Å²) in [5.74, 6) is 0.590. The average molecular weight is 306 g/mol. The number of hydrogen-bond acceptors (Lipinski definition) is 3. The van der Waals surface area contributed by atoms with Crippen molar-refractivity contribution in [3.05, 3.63) is 52.8 Å². The highest BCUT2D eigenvalue weighted by Gasteiger charge is 2.23. The molecule has 1 unspecified atom stereocenters. The van der Waals surface area contributed by atoms with E-state index in [1.165, 1.54) is 5.56 Å². The summed E-state index contributed by atoms with van der Waals surface area (Å²) < 4.78 is 0. The van der Waals surface area contributed by atoms with Crippen LogP contribution in [0.4, 0.5) is 0 Å². The summed E-state index contributed by atoms with van der Waals surface area (Å²) in [5, 5.41) is 17.9. The molecule has 1 aromatic carbocycles. The maximum atomic E-state index is 10.3. The largest absolute Gasteiger partial charge is 0.387 e. The second kappa shape index (κ2) is 6.60. The van der Waals surface area contributed by atoms with Gasteiger partial charge < -0.3 is 10.0 Å². The van der Waals surface area contributed by atoms with E-state index in [-0.39, 0.29) is 0 Å². The van der Waals surface area contributed by atoms with Gasteiger partial charge in [0.15, 0.2) is 0 Å². The average Bonchev–Trinajstić information content (AvgIpc) is 3.03. The van der Waals surface area contributed by atoms with Crippen molar-refractivity contribution in [2.45, 2.75) is 24.9 Å². The number of aliphatic hydroxyl groups is 1. The summed E-state index contributed by atoms with van der Waals surface area (Å²) in [4.78, 5) is 2.33. The van der Waals surface area contributed by atoms with Gasteiger partial charge in [0.1, 0.15) is 0 Å². The normalized spacial score (nSPS) is 18.8. The molecule has 2 N–H and O–H groups in total. The van der Waals surface area contributed by atoms with Crippen LogP contribution < -0.4 is 0 Å². The van der Waals surface area contributed by atoms with Crippen molar-refractivity contribution in [1.82, 2.24) is 15.1 Å². The topological polar surface area (TPSA) is 52.1 Å². The van der Waals surface area contributed by atoms with Crippen molar-refractivity contribution in [2.75, 3.05) is 19.6 Å². The Kier molecular flexibility index (Phi) is 4.58. The quantitative estimate of drug-likeness (QED) is 0.913. The van der Waals surface area contributed by atoms with E-state index in [9.17, 15) is 5.11 Å². The summed E-state index contributed by atoms with van der Waals surface area (Å²) in [7, 11) is 0. The Morgan fingerprint density at radius 2 is 2.00 bits per heavy atom. The van der Waals surface area contributed by atoms with Gasteiger partial charge in [-0.1, -0.05) is 23.7 Å². The van der Waals surface area contributed by atoms with Gasteiger partial charge in [0.05, 0.1) is 12.3 Å². The standard InChI is InChI=1S/C16H20ClN3O/c17-15-3-1-13(2-4-15)16(21)11-20-7-5-12(6-8-20)14-9-18-19-10-14/h1-4,9-10,12,16,21H,5-8,11H2,(H,18,19). The number of piperidine rings is 1. The van der Waals surface area contributed by atoms with Crippen LogP contribution in [0.1, 0.15) is 36.0 Å². The molecule has 3 rings (SSSR count). The first kappa shape index (κ1) is 14.6. The van der Waals surface area contributed by atoms with Crippen LogP contribution >= 0.6 is 11.6 Å². The number of hydrogen-bond donors (Lipinski definition) is 2. The molecule has 0 spiro atoms. The number of β-amino-alcohol motifs (C(OH)–C–C–N with tert-alkyl or cyclic N) is 1. The molecule has 1 atom stereocenters. The molecule has 0 bridgehead atoms. The lowest BCUT2D eigenvalue weighted by atomic mass is 9.91. The highest BCUT2D eigenvalue weighted by Crippen LogP contribution is 2.28. The van der Waals surface area contributed by atoms with Crippen LogP contribution in [0.2, 0.25) is 5.02 Å². The number of H-pyrrole nitrogens is 1. The maximum absolute atomic E-state index is 10.3. The van der Waals surface area contributed by atoms with E-state index in [4.69, 9.17) is 11.6 Å². The number of nitrogens with zero attached hydrogens (tertiary/aromatic N) is 2. The van der Waals surface area contributed by atoms with Gasteiger partial charge in [-0.25, -0.2) is 0 Å². The Morgan fingerprint density at radius 1 is 1.29 bits per heavy atom. The Balaban J connectivity index is 1.52. The molecule has 2 aromatic rings. The Labute approximate surface area is 129 Å². The fourth-order valence-corrected chi connectivity index (χ4v) is 3.09. The lowest BCUT2D eigenvalue weighted by Crippen LogP contribution is -2.35. The van der Waals surface area contributed by atoms with Crippen molar-refractivity contribution < 1.29 is 5.11 Å². The number of aromatic amines is 1. The zero-order chi connectivity index (χ0) is 14.7. The van der Waals surface area contributed by atoms with Crippen LogP contribution in [0, 0.1) is 0 Å². The lowest BCUT2D eigenvalue weighted by Gasteiger charge is -2.32. The van der Waals surface area contributed by atoms with Gasteiger partial charge in [0, 0.05) is 17.8 Å². The number of likely N-dealkylation sites (tertiary alicyclic amines) is 1. The molecule has 1 aromatic heterocycles. The van der Waals surface area contributed by atoms with Crippen LogP contribution in [0.15, 0.2) is 36.7 Å². The number of aliphatic hydroxyl groups excluding tert-OH is 1. The molecular weight excluding hydrogens is 286 g/mol. The predicted molar refractivity (Wildman–Crippen MR) is 83.4 cm³/mol. The molecule has 0 aliphatic carbocycles. The first-order valence-corrected chi connectivity index (χ1v) is 7.75. The zero-order valence-electron chi connectivity index (χ0n) is 11.9. The number of halogens is 1. The van der Waals surface area contributed by atoms with Crippen molar-refractivity contribution in [1.29, 1.82) is 0 Å². The fourth-order valence-electron chi connectivity index (χ4n) is 2.97. The molecule has 2 heterocycles. The molecule has 0 amide bonds. The van der Waals surface area contributed by atoms with E-state index in [1.54, 1.807) is 0 Å². The molecule has 4 nitrogen and oxygen atoms in total. The highest BCUT2D eigenvalue weighted by atomic mass is 35.5. The predicted octanol–water partition coefficient (Wildman–Crippen LogP) is 2.98. The first-order valence-electron chi connectivity index (χ1n) is 7.37. The third-order valence-electron chi connectivity index (χ3n) is 4.26. The molecule has 5 heteroatoms. The smallest absolute Gasteiger partial charge is 0.0916 e. The molecule has 21 heavy (non-hydrogen) atoms. The SMILES string of the molecule is OC(CN1CCC(c2cn[nH]c2)CC1)c1ccc(Cl)cc1. The number of aromatic nitrogens is 2. The molecule has 1 saturated heterocycles. The van der Waals surface area contributed by atoms with E-state index < -0.39 is 6.10 Å². The van der Waals surface area contributed by atoms with Crippen LogP contribution in [0.25, 0.3) is 0 Å². The summed E-state index contributed by atoms with van der Waals surface area (Å²) in [6, 6.07) is 7.44. The highest BCUT2D eigenvalue weighted by molar-refractivity contribution is 6.30. The van der Waals surface area contributed by atoms with E-state index in [2.05, 4.69) is 15.1 Å². The van der Waals surface area contributed by atoms with Crippen LogP contribution in [-0.2, 0) is 0 Å². The molecular formula is C16H20ClN3O. The van der Waals surface area contributed by atoms with E-state index in [1.807, 2.05) is 36.7 Å². The Morgan fingerprint density at radius 3 is 2.62 bits per heavy atom. The summed E-state index contributed by atoms with van der Waals surface area (Å²) in [6.45, 7) is 2.71. The Bertz CT molecular complexity index is 547. The van der Waals surface area contributed by atoms with E-state index in [0.29, 0.717) is 17.5 Å². The maximum Gasteiger partial charge on any atom is 0.0916 e. The molecule has 0 radical (unpaired) electrons. The van der Waals surface area contributed by atoms with Crippen molar-refractivity contribution in [3.8, 4) is 0 Å². The Hall–Kier alpha value is -1.36. The molecule has 1 aliphatic heterocycles. The minimum Gasteiger partial charge on any atom is -0.387 e.